The van der Waals surface area contributed by atoms with E-state index in [-0.39, 0.29) is 5.75 Å². The van der Waals surface area contributed by atoms with Gasteiger partial charge in [0.05, 0.1) is 6.21 Å². The Labute approximate surface area is 101 Å². The minimum absolute atomic E-state index is 0.237. The first-order valence-electron chi connectivity index (χ1n) is 5.96. The predicted molar refractivity (Wildman–Crippen MR) is 69.6 cm³/mol. The van der Waals surface area contributed by atoms with E-state index in [0.29, 0.717) is 5.56 Å². The molecule has 17 heavy (non-hydrogen) atoms. The van der Waals surface area contributed by atoms with Gasteiger partial charge in [-0.1, -0.05) is 18.6 Å². The third-order valence-electron chi connectivity index (χ3n) is 2.71. The van der Waals surface area contributed by atoms with Crippen molar-refractivity contribution in [3.05, 3.63) is 29.8 Å². The van der Waals surface area contributed by atoms with Crippen LogP contribution in [0.1, 0.15) is 31.2 Å². The van der Waals surface area contributed by atoms with E-state index >= 15 is 0 Å². The van der Waals surface area contributed by atoms with E-state index in [4.69, 9.17) is 0 Å². The van der Waals surface area contributed by atoms with Crippen LogP contribution in [0.15, 0.2) is 34.4 Å². The molecule has 0 saturated heterocycles. The minimum Gasteiger partial charge on any atom is -0.507 e. The Balaban J connectivity index is 1.93. The minimum atomic E-state index is 0.237. The Kier molecular flexibility index (Phi) is 4.13. The van der Waals surface area contributed by atoms with E-state index in [0.717, 1.165) is 31.6 Å². The SMILES string of the molecule is Oc1ccccc1/C=N\NC1=NCCCCC1. The molecule has 0 amide bonds. The largest absolute Gasteiger partial charge is 0.507 e. The van der Waals surface area contributed by atoms with E-state index in [9.17, 15) is 5.11 Å². The van der Waals surface area contributed by atoms with Crippen molar-refractivity contribution in [2.24, 2.45) is 10.1 Å². The van der Waals surface area contributed by atoms with Gasteiger partial charge in [0.2, 0.25) is 0 Å². The summed E-state index contributed by atoms with van der Waals surface area (Å²) in [6.45, 7) is 0.883. The van der Waals surface area contributed by atoms with Gasteiger partial charge >= 0.3 is 0 Å². The number of rotatable bonds is 2. The van der Waals surface area contributed by atoms with Crippen LogP contribution in [0, 0.1) is 0 Å². The smallest absolute Gasteiger partial charge is 0.124 e. The molecular formula is C13H17N3O. The number of benzene rings is 1. The van der Waals surface area contributed by atoms with Crippen LogP contribution in [-0.4, -0.2) is 23.7 Å². The van der Waals surface area contributed by atoms with Gasteiger partial charge in [-0.05, 0) is 25.0 Å². The Morgan fingerprint density at radius 3 is 3.00 bits per heavy atom. The lowest BCUT2D eigenvalue weighted by molar-refractivity contribution is 0.474. The molecule has 0 aromatic heterocycles. The summed E-state index contributed by atoms with van der Waals surface area (Å²) in [7, 11) is 0. The molecule has 1 heterocycles. The molecule has 0 spiro atoms. The molecule has 1 aliphatic heterocycles. The first-order chi connectivity index (χ1) is 8.36. The molecule has 0 fully saturated rings. The summed E-state index contributed by atoms with van der Waals surface area (Å²) in [6.07, 6.45) is 6.13. The lowest BCUT2D eigenvalue weighted by Gasteiger charge is -2.02. The molecule has 0 unspecified atom stereocenters. The van der Waals surface area contributed by atoms with Crippen LogP contribution < -0.4 is 5.43 Å². The summed E-state index contributed by atoms with van der Waals surface area (Å²) >= 11 is 0. The van der Waals surface area contributed by atoms with Crippen LogP contribution in [0.3, 0.4) is 0 Å². The normalized spacial score (nSPS) is 16.6. The van der Waals surface area contributed by atoms with Gasteiger partial charge in [0.1, 0.15) is 11.6 Å². The molecule has 0 atom stereocenters. The average molecular weight is 231 g/mol. The average Bonchev–Trinajstić information content (AvgIpc) is 2.60. The van der Waals surface area contributed by atoms with Crippen molar-refractivity contribution in [2.75, 3.05) is 6.54 Å². The van der Waals surface area contributed by atoms with Gasteiger partial charge in [-0.25, -0.2) is 0 Å². The molecule has 0 radical (unpaired) electrons. The molecule has 0 bridgehead atoms. The molecular weight excluding hydrogens is 214 g/mol. The summed E-state index contributed by atoms with van der Waals surface area (Å²) < 4.78 is 0. The quantitative estimate of drug-likeness (QED) is 0.606. The van der Waals surface area contributed by atoms with Gasteiger partial charge < -0.3 is 5.11 Å². The molecule has 0 aliphatic carbocycles. The van der Waals surface area contributed by atoms with Gasteiger partial charge in [0, 0.05) is 18.5 Å². The molecule has 1 aromatic carbocycles. The fraction of sp³-hybridized carbons (Fsp3) is 0.385. The molecule has 2 rings (SSSR count). The van der Waals surface area contributed by atoms with Crippen molar-refractivity contribution >= 4 is 12.1 Å². The van der Waals surface area contributed by atoms with Gasteiger partial charge in [0.25, 0.3) is 0 Å². The topological polar surface area (TPSA) is 57.0 Å². The highest BCUT2D eigenvalue weighted by Gasteiger charge is 2.02. The Morgan fingerprint density at radius 2 is 2.12 bits per heavy atom. The second-order valence-electron chi connectivity index (χ2n) is 4.07. The zero-order valence-corrected chi connectivity index (χ0v) is 9.76. The number of aromatic hydroxyl groups is 1. The van der Waals surface area contributed by atoms with Crippen LogP contribution >= 0.6 is 0 Å². The predicted octanol–water partition coefficient (Wildman–Crippen LogP) is 2.29. The van der Waals surface area contributed by atoms with Gasteiger partial charge in [-0.15, -0.1) is 0 Å². The molecule has 1 aliphatic rings. The van der Waals surface area contributed by atoms with Crippen molar-refractivity contribution in [3.8, 4) is 5.75 Å². The van der Waals surface area contributed by atoms with E-state index in [1.54, 1.807) is 18.3 Å². The lowest BCUT2D eigenvalue weighted by atomic mass is 10.2. The van der Waals surface area contributed by atoms with Crippen LogP contribution in [0.4, 0.5) is 0 Å². The summed E-state index contributed by atoms with van der Waals surface area (Å²) in [5.41, 5.74) is 3.65. The second kappa shape index (κ2) is 6.03. The Bertz CT molecular complexity index is 426. The van der Waals surface area contributed by atoms with Crippen molar-refractivity contribution in [2.45, 2.75) is 25.7 Å². The van der Waals surface area contributed by atoms with Crippen LogP contribution in [0.25, 0.3) is 0 Å². The number of para-hydroxylation sites is 1. The van der Waals surface area contributed by atoms with Crippen molar-refractivity contribution in [3.63, 3.8) is 0 Å². The van der Waals surface area contributed by atoms with Gasteiger partial charge in [-0.3, -0.25) is 10.4 Å². The van der Waals surface area contributed by atoms with E-state index in [1.807, 2.05) is 12.1 Å². The van der Waals surface area contributed by atoms with Gasteiger partial charge in [0.15, 0.2) is 0 Å². The second-order valence-corrected chi connectivity index (χ2v) is 4.07. The molecule has 4 nitrogen and oxygen atoms in total. The highest BCUT2D eigenvalue weighted by molar-refractivity contribution is 5.86. The highest BCUT2D eigenvalue weighted by atomic mass is 16.3. The summed E-state index contributed by atoms with van der Waals surface area (Å²) in [5.74, 6) is 1.18. The fourth-order valence-corrected chi connectivity index (χ4v) is 1.74. The van der Waals surface area contributed by atoms with Crippen LogP contribution in [0.2, 0.25) is 0 Å². The van der Waals surface area contributed by atoms with Gasteiger partial charge in [-0.2, -0.15) is 5.10 Å². The number of hydrogen-bond acceptors (Lipinski definition) is 4. The maximum atomic E-state index is 9.54. The number of hydrogen-bond donors (Lipinski definition) is 2. The maximum Gasteiger partial charge on any atom is 0.124 e. The summed E-state index contributed by atoms with van der Waals surface area (Å²) in [6, 6.07) is 7.11. The number of hydrazone groups is 1. The van der Waals surface area contributed by atoms with E-state index in [1.165, 1.54) is 6.42 Å². The number of phenolic OH excluding ortho intramolecular Hbond substituents is 1. The zero-order chi connectivity index (χ0) is 11.9. The highest BCUT2D eigenvalue weighted by Crippen LogP contribution is 2.12. The van der Waals surface area contributed by atoms with Crippen molar-refractivity contribution in [1.29, 1.82) is 0 Å². The number of amidine groups is 1. The van der Waals surface area contributed by atoms with Crippen LogP contribution in [0.5, 0.6) is 5.75 Å². The molecule has 4 heteroatoms. The number of phenols is 1. The monoisotopic (exact) mass is 231 g/mol. The summed E-state index contributed by atoms with van der Waals surface area (Å²) in [4.78, 5) is 4.41. The summed E-state index contributed by atoms with van der Waals surface area (Å²) in [5, 5.41) is 13.6. The van der Waals surface area contributed by atoms with Crippen molar-refractivity contribution in [1.82, 2.24) is 5.43 Å². The molecule has 90 valence electrons. The Hall–Kier alpha value is -1.84. The fourth-order valence-electron chi connectivity index (χ4n) is 1.74. The standard InChI is InChI=1S/C13H17N3O/c17-12-7-4-3-6-11(12)10-15-16-13-8-2-1-5-9-14-13/h3-4,6-7,10,17H,1-2,5,8-9H2,(H,14,16)/b15-10-. The molecule has 2 N–H and O–H groups in total. The molecule has 0 saturated carbocycles. The Morgan fingerprint density at radius 1 is 1.24 bits per heavy atom. The third-order valence-corrected chi connectivity index (χ3v) is 2.71. The maximum absolute atomic E-state index is 9.54. The first kappa shape index (κ1) is 11.6. The van der Waals surface area contributed by atoms with Crippen molar-refractivity contribution < 1.29 is 5.11 Å². The number of nitrogens with one attached hydrogen (secondary N) is 1. The molecule has 1 aromatic rings. The first-order valence-corrected chi connectivity index (χ1v) is 5.96. The lowest BCUT2D eigenvalue weighted by Crippen LogP contribution is -2.17. The van der Waals surface area contributed by atoms with E-state index < -0.39 is 0 Å². The number of aliphatic imine (C=N–C) groups is 1. The number of nitrogens with zero attached hydrogens (tertiary/aromatic N) is 2. The van der Waals surface area contributed by atoms with E-state index in [2.05, 4.69) is 15.5 Å². The van der Waals surface area contributed by atoms with Crippen LogP contribution in [-0.2, 0) is 0 Å². The zero-order valence-electron chi connectivity index (χ0n) is 9.76. The third kappa shape index (κ3) is 3.59.